The summed E-state index contributed by atoms with van der Waals surface area (Å²) in [6.07, 6.45) is 4.78. The number of hydrogen-bond acceptors (Lipinski definition) is 4. The van der Waals surface area contributed by atoms with E-state index in [0.717, 1.165) is 37.9 Å². The summed E-state index contributed by atoms with van der Waals surface area (Å²) in [5.74, 6) is -0.0216. The Balaban J connectivity index is 1.80. The van der Waals surface area contributed by atoms with Crippen LogP contribution in [0.4, 0.5) is 5.69 Å². The zero-order chi connectivity index (χ0) is 19.5. The van der Waals surface area contributed by atoms with Gasteiger partial charge in [0.2, 0.25) is 0 Å². The van der Waals surface area contributed by atoms with Crippen LogP contribution in [0.25, 0.3) is 16.9 Å². The number of nitrogens with zero attached hydrogens (tertiary/aromatic N) is 4. The molecular weight excluding hydrogens is 356 g/mol. The van der Waals surface area contributed by atoms with Crippen LogP contribution in [0.15, 0.2) is 60.8 Å². The highest BCUT2D eigenvalue weighted by molar-refractivity contribution is 6.00. The van der Waals surface area contributed by atoms with Crippen LogP contribution in [0.3, 0.4) is 0 Å². The lowest BCUT2D eigenvalue weighted by atomic mass is 10.0. The highest BCUT2D eigenvalue weighted by atomic mass is 16.6. The second-order valence-corrected chi connectivity index (χ2v) is 6.81. The topological polar surface area (TPSA) is 81.3 Å². The van der Waals surface area contributed by atoms with Crippen LogP contribution in [0, 0.1) is 10.1 Å². The molecular formula is C21H20N4O3. The molecule has 28 heavy (non-hydrogen) atoms. The molecule has 2 aromatic carbocycles. The molecule has 7 heteroatoms. The summed E-state index contributed by atoms with van der Waals surface area (Å²) < 4.78 is 1.68. The normalized spacial score (nSPS) is 14.1. The lowest BCUT2D eigenvalue weighted by Crippen LogP contribution is -2.35. The van der Waals surface area contributed by atoms with Crippen molar-refractivity contribution < 1.29 is 9.72 Å². The maximum Gasteiger partial charge on any atom is 0.269 e. The van der Waals surface area contributed by atoms with Crippen molar-refractivity contribution in [3.63, 3.8) is 0 Å². The van der Waals surface area contributed by atoms with E-state index in [1.807, 2.05) is 35.2 Å². The molecule has 0 spiro atoms. The summed E-state index contributed by atoms with van der Waals surface area (Å²) in [4.78, 5) is 25.6. The summed E-state index contributed by atoms with van der Waals surface area (Å²) >= 11 is 0. The Morgan fingerprint density at radius 3 is 2.29 bits per heavy atom. The molecule has 0 bridgehead atoms. The van der Waals surface area contributed by atoms with Gasteiger partial charge in [0, 0.05) is 30.8 Å². The lowest BCUT2D eigenvalue weighted by Gasteiger charge is -2.26. The van der Waals surface area contributed by atoms with E-state index in [1.54, 1.807) is 23.0 Å². The number of rotatable bonds is 4. The van der Waals surface area contributed by atoms with E-state index in [1.165, 1.54) is 12.1 Å². The fourth-order valence-electron chi connectivity index (χ4n) is 3.56. The van der Waals surface area contributed by atoms with Crippen LogP contribution >= 0.6 is 0 Å². The number of hydrogen-bond donors (Lipinski definition) is 0. The first-order valence-electron chi connectivity index (χ1n) is 9.33. The van der Waals surface area contributed by atoms with E-state index in [2.05, 4.69) is 5.10 Å². The highest BCUT2D eigenvalue weighted by Crippen LogP contribution is 2.29. The number of non-ortho nitro benzene ring substituents is 1. The van der Waals surface area contributed by atoms with Crippen LogP contribution in [-0.2, 0) is 0 Å². The molecule has 2 heterocycles. The second-order valence-electron chi connectivity index (χ2n) is 6.81. The second kappa shape index (κ2) is 7.64. The Morgan fingerprint density at radius 1 is 0.964 bits per heavy atom. The van der Waals surface area contributed by atoms with E-state index in [0.29, 0.717) is 16.9 Å². The largest absolute Gasteiger partial charge is 0.339 e. The minimum Gasteiger partial charge on any atom is -0.339 e. The predicted molar refractivity (Wildman–Crippen MR) is 105 cm³/mol. The molecule has 4 rings (SSSR count). The first kappa shape index (κ1) is 17.9. The van der Waals surface area contributed by atoms with Crippen molar-refractivity contribution in [3.8, 4) is 16.9 Å². The third kappa shape index (κ3) is 3.38. The molecule has 142 valence electrons. The van der Waals surface area contributed by atoms with E-state index in [9.17, 15) is 14.9 Å². The number of nitro groups is 1. The van der Waals surface area contributed by atoms with Gasteiger partial charge in [0.1, 0.15) is 0 Å². The van der Waals surface area contributed by atoms with Gasteiger partial charge in [-0.05, 0) is 31.4 Å². The summed E-state index contributed by atoms with van der Waals surface area (Å²) in [5, 5.41) is 15.4. The Hall–Kier alpha value is -3.48. The van der Waals surface area contributed by atoms with Gasteiger partial charge in [-0.2, -0.15) is 5.10 Å². The van der Waals surface area contributed by atoms with Crippen molar-refractivity contribution in [2.45, 2.75) is 19.3 Å². The first-order valence-corrected chi connectivity index (χ1v) is 9.33. The van der Waals surface area contributed by atoms with E-state index < -0.39 is 4.92 Å². The average molecular weight is 376 g/mol. The molecule has 0 aliphatic carbocycles. The first-order chi connectivity index (χ1) is 13.6. The number of carbonyl (C=O) groups is 1. The SMILES string of the molecule is O=C(c1cnn(-c2ccc([N+](=O)[O-])cc2)c1-c1ccccc1)N1CCCCC1. The molecule has 0 atom stereocenters. The Kier molecular flexibility index (Phi) is 4.89. The van der Waals surface area contributed by atoms with Crippen molar-refractivity contribution >= 4 is 11.6 Å². The molecule has 1 aromatic heterocycles. The third-order valence-corrected chi connectivity index (χ3v) is 5.00. The molecule has 1 amide bonds. The summed E-state index contributed by atoms with van der Waals surface area (Å²) in [7, 11) is 0. The molecule has 1 aliphatic heterocycles. The fourth-order valence-corrected chi connectivity index (χ4v) is 3.56. The van der Waals surface area contributed by atoms with Gasteiger partial charge in [-0.1, -0.05) is 30.3 Å². The van der Waals surface area contributed by atoms with Crippen LogP contribution < -0.4 is 0 Å². The van der Waals surface area contributed by atoms with E-state index >= 15 is 0 Å². The van der Waals surface area contributed by atoms with Crippen molar-refractivity contribution in [3.05, 3.63) is 76.5 Å². The standard InChI is InChI=1S/C21H20N4O3/c26-21(23-13-5-2-6-14-23)19-15-22-24(20(19)16-7-3-1-4-8-16)17-9-11-18(12-10-17)25(27)28/h1,3-4,7-12,15H,2,5-6,13-14H2. The molecule has 0 saturated carbocycles. The highest BCUT2D eigenvalue weighted by Gasteiger charge is 2.25. The van der Waals surface area contributed by atoms with Crippen molar-refractivity contribution in [2.75, 3.05) is 13.1 Å². The molecule has 0 N–H and O–H groups in total. The van der Waals surface area contributed by atoms with E-state index in [-0.39, 0.29) is 11.6 Å². The number of amides is 1. The average Bonchev–Trinajstić information content (AvgIpc) is 3.19. The Bertz CT molecular complexity index is 990. The minimum atomic E-state index is -0.434. The van der Waals surface area contributed by atoms with Gasteiger partial charge in [-0.25, -0.2) is 4.68 Å². The maximum absolute atomic E-state index is 13.2. The number of piperidine rings is 1. The van der Waals surface area contributed by atoms with E-state index in [4.69, 9.17) is 0 Å². The van der Waals surface area contributed by atoms with Gasteiger partial charge in [0.15, 0.2) is 0 Å². The third-order valence-electron chi connectivity index (χ3n) is 5.00. The smallest absolute Gasteiger partial charge is 0.269 e. The van der Waals surface area contributed by atoms with Gasteiger partial charge in [0.05, 0.1) is 28.1 Å². The van der Waals surface area contributed by atoms with Gasteiger partial charge in [-0.3, -0.25) is 14.9 Å². The summed E-state index contributed by atoms with van der Waals surface area (Å²) in [5.41, 5.74) is 2.80. The van der Waals surface area contributed by atoms with Crippen LogP contribution in [0.5, 0.6) is 0 Å². The maximum atomic E-state index is 13.2. The molecule has 1 fully saturated rings. The van der Waals surface area contributed by atoms with Crippen molar-refractivity contribution in [2.24, 2.45) is 0 Å². The molecule has 7 nitrogen and oxygen atoms in total. The number of benzene rings is 2. The van der Waals surface area contributed by atoms with Crippen LogP contribution in [-0.4, -0.2) is 38.6 Å². The van der Waals surface area contributed by atoms with Gasteiger partial charge < -0.3 is 4.90 Å². The minimum absolute atomic E-state index is 0.0155. The van der Waals surface area contributed by atoms with Gasteiger partial charge in [-0.15, -0.1) is 0 Å². The van der Waals surface area contributed by atoms with Crippen molar-refractivity contribution in [1.29, 1.82) is 0 Å². The summed E-state index contributed by atoms with van der Waals surface area (Å²) in [6, 6.07) is 15.8. The molecule has 0 unspecified atom stereocenters. The molecule has 1 aliphatic rings. The monoisotopic (exact) mass is 376 g/mol. The zero-order valence-electron chi connectivity index (χ0n) is 15.3. The van der Waals surface area contributed by atoms with Gasteiger partial charge in [0.25, 0.3) is 11.6 Å². The van der Waals surface area contributed by atoms with Crippen LogP contribution in [0.2, 0.25) is 0 Å². The Labute approximate surface area is 162 Å². The number of carbonyl (C=O) groups excluding carboxylic acids is 1. The zero-order valence-corrected chi connectivity index (χ0v) is 15.3. The molecule has 0 radical (unpaired) electrons. The van der Waals surface area contributed by atoms with Gasteiger partial charge >= 0.3 is 0 Å². The predicted octanol–water partition coefficient (Wildman–Crippen LogP) is 4.07. The van der Waals surface area contributed by atoms with Crippen molar-refractivity contribution in [1.82, 2.24) is 14.7 Å². The number of likely N-dealkylation sites (tertiary alicyclic amines) is 1. The molecule has 1 saturated heterocycles. The quantitative estimate of drug-likeness (QED) is 0.508. The molecule has 3 aromatic rings. The number of aromatic nitrogens is 2. The Morgan fingerprint density at radius 2 is 1.64 bits per heavy atom. The summed E-state index contributed by atoms with van der Waals surface area (Å²) in [6.45, 7) is 1.52. The van der Waals surface area contributed by atoms with Crippen LogP contribution in [0.1, 0.15) is 29.6 Å². The number of nitro benzene ring substituents is 1. The lowest BCUT2D eigenvalue weighted by molar-refractivity contribution is -0.384. The fraction of sp³-hybridized carbons (Fsp3) is 0.238.